The zero-order valence-corrected chi connectivity index (χ0v) is 11.9. The average Bonchev–Trinajstić information content (AvgIpc) is 2.93. The zero-order valence-electron chi connectivity index (χ0n) is 11.1. The normalized spacial score (nSPS) is 11.7. The molecule has 1 atom stereocenters. The molecule has 0 aliphatic carbocycles. The number of para-hydroxylation sites is 1. The second kappa shape index (κ2) is 6.34. The van der Waals surface area contributed by atoms with Crippen LogP contribution < -0.4 is 0 Å². The largest absolute Gasteiger partial charge is 0.263 e. The van der Waals surface area contributed by atoms with Gasteiger partial charge in [0.25, 0.3) is 0 Å². The van der Waals surface area contributed by atoms with E-state index in [1.54, 1.807) is 3.97 Å². The summed E-state index contributed by atoms with van der Waals surface area (Å²) >= 11 is 0. The number of nitrogens with zero attached hydrogens (tertiary/aromatic N) is 1. The first-order valence-electron chi connectivity index (χ1n) is 6.40. The molecule has 3 aromatic rings. The Morgan fingerprint density at radius 3 is 2.21 bits per heavy atom. The summed E-state index contributed by atoms with van der Waals surface area (Å²) in [5.41, 5.74) is 0.995. The van der Waals surface area contributed by atoms with Gasteiger partial charge >= 0.3 is 0 Å². The topological polar surface area (TPSA) is 22.0 Å². The van der Waals surface area contributed by atoms with Crippen LogP contribution in [-0.4, -0.2) is 8.18 Å². The van der Waals surface area contributed by atoms with Gasteiger partial charge < -0.3 is 0 Å². The zero-order chi connectivity index (χ0) is 13.7. The van der Waals surface area contributed by atoms with Crippen molar-refractivity contribution in [3.63, 3.8) is 0 Å². The van der Waals surface area contributed by atoms with Crippen molar-refractivity contribution in [2.24, 2.45) is 0 Å². The lowest BCUT2D eigenvalue weighted by Gasteiger charge is -2.04. The SMILES string of the molecule is CC.O=S(c1ccccc1)n1ccc2ccccc21. The molecule has 98 valence electrons. The summed E-state index contributed by atoms with van der Waals surface area (Å²) in [6.07, 6.45) is 1.87. The van der Waals surface area contributed by atoms with E-state index in [4.69, 9.17) is 0 Å². The molecule has 2 nitrogen and oxygen atoms in total. The number of rotatable bonds is 2. The highest BCUT2D eigenvalue weighted by molar-refractivity contribution is 7.83. The maximum absolute atomic E-state index is 12.4. The second-order valence-electron chi connectivity index (χ2n) is 3.76. The van der Waals surface area contributed by atoms with Crippen LogP contribution in [0, 0.1) is 0 Å². The molecule has 0 bridgehead atoms. The lowest BCUT2D eigenvalue weighted by molar-refractivity contribution is 0.678. The van der Waals surface area contributed by atoms with E-state index in [9.17, 15) is 4.21 Å². The van der Waals surface area contributed by atoms with Crippen LogP contribution in [0.25, 0.3) is 10.9 Å². The van der Waals surface area contributed by atoms with E-state index < -0.39 is 11.0 Å². The van der Waals surface area contributed by atoms with Crippen molar-refractivity contribution < 1.29 is 4.21 Å². The van der Waals surface area contributed by atoms with Crippen molar-refractivity contribution in [1.29, 1.82) is 0 Å². The van der Waals surface area contributed by atoms with Gasteiger partial charge in [-0.2, -0.15) is 0 Å². The van der Waals surface area contributed by atoms with Crippen molar-refractivity contribution in [2.45, 2.75) is 18.7 Å². The fraction of sp³-hybridized carbons (Fsp3) is 0.125. The Labute approximate surface area is 116 Å². The molecular formula is C16H17NOS. The fourth-order valence-electron chi connectivity index (χ4n) is 1.85. The van der Waals surface area contributed by atoms with Gasteiger partial charge in [0.05, 0.1) is 10.4 Å². The van der Waals surface area contributed by atoms with E-state index in [0.717, 1.165) is 15.8 Å². The van der Waals surface area contributed by atoms with E-state index in [-0.39, 0.29) is 0 Å². The molecule has 0 aliphatic rings. The second-order valence-corrected chi connectivity index (χ2v) is 5.13. The Bertz CT molecular complexity index is 673. The summed E-state index contributed by atoms with van der Waals surface area (Å²) < 4.78 is 14.2. The summed E-state index contributed by atoms with van der Waals surface area (Å²) in [6, 6.07) is 19.4. The average molecular weight is 271 g/mol. The summed E-state index contributed by atoms with van der Waals surface area (Å²) in [5.74, 6) is 0. The summed E-state index contributed by atoms with van der Waals surface area (Å²) in [5, 5.41) is 1.11. The van der Waals surface area contributed by atoms with Gasteiger partial charge in [-0.15, -0.1) is 0 Å². The van der Waals surface area contributed by atoms with Gasteiger partial charge in [0.1, 0.15) is 0 Å². The van der Waals surface area contributed by atoms with Crippen LogP contribution in [0.3, 0.4) is 0 Å². The molecule has 0 amide bonds. The van der Waals surface area contributed by atoms with E-state index in [1.165, 1.54) is 0 Å². The summed E-state index contributed by atoms with van der Waals surface area (Å²) in [6.45, 7) is 4.00. The van der Waals surface area contributed by atoms with Crippen molar-refractivity contribution in [2.75, 3.05) is 0 Å². The molecule has 0 saturated heterocycles. The van der Waals surface area contributed by atoms with Gasteiger partial charge in [-0.25, -0.2) is 4.21 Å². The van der Waals surface area contributed by atoms with Gasteiger partial charge in [0, 0.05) is 11.6 Å². The van der Waals surface area contributed by atoms with Crippen molar-refractivity contribution in [3.05, 3.63) is 66.9 Å². The highest BCUT2D eigenvalue weighted by atomic mass is 32.2. The molecule has 3 rings (SSSR count). The summed E-state index contributed by atoms with van der Waals surface area (Å²) in [4.78, 5) is 0.814. The van der Waals surface area contributed by atoms with Crippen LogP contribution in [0.4, 0.5) is 0 Å². The molecule has 2 aromatic carbocycles. The molecule has 1 unspecified atom stereocenters. The molecule has 0 radical (unpaired) electrons. The summed E-state index contributed by atoms with van der Waals surface area (Å²) in [7, 11) is -1.17. The molecular weight excluding hydrogens is 254 g/mol. The molecule has 0 saturated carbocycles. The highest BCUT2D eigenvalue weighted by Crippen LogP contribution is 2.19. The van der Waals surface area contributed by atoms with Crippen molar-refractivity contribution in [1.82, 2.24) is 3.97 Å². The third-order valence-corrected chi connectivity index (χ3v) is 4.04. The predicted molar refractivity (Wildman–Crippen MR) is 81.5 cm³/mol. The molecule has 0 fully saturated rings. The third-order valence-electron chi connectivity index (χ3n) is 2.69. The van der Waals surface area contributed by atoms with Gasteiger partial charge in [-0.05, 0) is 24.3 Å². The van der Waals surface area contributed by atoms with Gasteiger partial charge in [0.2, 0.25) is 0 Å². The van der Waals surface area contributed by atoms with Gasteiger partial charge in [-0.1, -0.05) is 50.2 Å². The monoisotopic (exact) mass is 271 g/mol. The Morgan fingerprint density at radius 2 is 1.47 bits per heavy atom. The van der Waals surface area contributed by atoms with Crippen molar-refractivity contribution in [3.8, 4) is 0 Å². The molecule has 1 aromatic heterocycles. The highest BCUT2D eigenvalue weighted by Gasteiger charge is 2.08. The minimum atomic E-state index is -1.17. The maximum Gasteiger partial charge on any atom is 0.157 e. The van der Waals surface area contributed by atoms with E-state index in [2.05, 4.69) is 0 Å². The minimum Gasteiger partial charge on any atom is -0.263 e. The third kappa shape index (κ3) is 2.76. The first-order chi connectivity index (χ1) is 9.36. The fourth-order valence-corrected chi connectivity index (χ4v) is 2.99. The number of hydrogen-bond acceptors (Lipinski definition) is 1. The van der Waals surface area contributed by atoms with Gasteiger partial charge in [-0.3, -0.25) is 3.97 Å². The number of fused-ring (bicyclic) bond motifs is 1. The molecule has 19 heavy (non-hydrogen) atoms. The van der Waals surface area contributed by atoms with E-state index in [1.807, 2.05) is 80.7 Å². The lowest BCUT2D eigenvalue weighted by Crippen LogP contribution is -2.02. The molecule has 0 aliphatic heterocycles. The van der Waals surface area contributed by atoms with Crippen molar-refractivity contribution >= 4 is 21.9 Å². The first kappa shape index (κ1) is 13.6. The number of aromatic nitrogens is 1. The molecule has 0 N–H and O–H groups in total. The van der Waals surface area contributed by atoms with Crippen LogP contribution >= 0.6 is 0 Å². The van der Waals surface area contributed by atoms with Crippen LogP contribution in [0.15, 0.2) is 71.8 Å². The maximum atomic E-state index is 12.4. The quantitative estimate of drug-likeness (QED) is 0.683. The molecule has 1 heterocycles. The standard InChI is InChI=1S/C14H11NOS.C2H6/c16-17(13-7-2-1-3-8-13)15-11-10-12-6-4-5-9-14(12)15;1-2/h1-11H;1-2H3. The predicted octanol–water partition coefficient (Wildman–Crippen LogP) is 4.24. The lowest BCUT2D eigenvalue weighted by atomic mass is 10.3. The van der Waals surface area contributed by atoms with E-state index in [0.29, 0.717) is 0 Å². The van der Waals surface area contributed by atoms with Crippen LogP contribution in [-0.2, 0) is 11.0 Å². The smallest absolute Gasteiger partial charge is 0.157 e. The Hall–Kier alpha value is -1.87. The Morgan fingerprint density at radius 1 is 0.842 bits per heavy atom. The van der Waals surface area contributed by atoms with E-state index >= 15 is 0 Å². The first-order valence-corrected chi connectivity index (χ1v) is 7.50. The van der Waals surface area contributed by atoms with Crippen LogP contribution in [0.2, 0.25) is 0 Å². The number of benzene rings is 2. The number of hydrogen-bond donors (Lipinski definition) is 0. The molecule has 3 heteroatoms. The Kier molecular flexibility index (Phi) is 4.53. The molecule has 0 spiro atoms. The Balaban J connectivity index is 0.000000637. The van der Waals surface area contributed by atoms with Crippen LogP contribution in [0.5, 0.6) is 0 Å². The minimum absolute atomic E-state index is 0.814. The van der Waals surface area contributed by atoms with Gasteiger partial charge in [0.15, 0.2) is 11.0 Å². The van der Waals surface area contributed by atoms with Crippen LogP contribution in [0.1, 0.15) is 13.8 Å².